The van der Waals surface area contributed by atoms with Crippen LogP contribution in [-0.2, 0) is 0 Å². The molecule has 0 aliphatic heterocycles. The molecular formula is C12H11NO. The zero-order chi connectivity index (χ0) is 10.1. The van der Waals surface area contributed by atoms with Crippen LogP contribution in [0.3, 0.4) is 0 Å². The molecule has 2 heteroatoms. The second-order valence-electron chi connectivity index (χ2n) is 3.77. The molecule has 0 bridgehead atoms. The van der Waals surface area contributed by atoms with E-state index in [2.05, 4.69) is 6.07 Å². The van der Waals surface area contributed by atoms with Crippen LogP contribution < -0.4 is 0 Å². The van der Waals surface area contributed by atoms with Gasteiger partial charge in [0.05, 0.1) is 12.0 Å². The number of hydrogen-bond donors (Lipinski definition) is 0. The van der Waals surface area contributed by atoms with Crippen molar-refractivity contribution in [2.24, 2.45) is 17.8 Å². The Bertz CT molecular complexity index is 391. The molecular weight excluding hydrogens is 174 g/mol. The number of nitriles is 1. The van der Waals surface area contributed by atoms with Gasteiger partial charge < -0.3 is 0 Å². The largest absolute Gasteiger partial charge is 0.294 e. The molecule has 0 aromatic heterocycles. The summed E-state index contributed by atoms with van der Waals surface area (Å²) in [6.07, 6.45) is 0. The monoisotopic (exact) mass is 185 g/mol. The summed E-state index contributed by atoms with van der Waals surface area (Å²) in [6, 6.07) is 11.4. The lowest BCUT2D eigenvalue weighted by Crippen LogP contribution is -2.03. The number of rotatable bonds is 2. The fraction of sp³-hybridized carbons (Fsp3) is 0.333. The quantitative estimate of drug-likeness (QED) is 0.663. The van der Waals surface area contributed by atoms with Gasteiger partial charge in [0, 0.05) is 11.5 Å². The maximum Gasteiger partial charge on any atom is 0.167 e. The molecule has 1 saturated carbocycles. The molecule has 0 amide bonds. The van der Waals surface area contributed by atoms with Gasteiger partial charge in [-0.25, -0.2) is 0 Å². The van der Waals surface area contributed by atoms with E-state index < -0.39 is 0 Å². The van der Waals surface area contributed by atoms with Gasteiger partial charge in [-0.2, -0.15) is 5.26 Å². The lowest BCUT2D eigenvalue weighted by atomic mass is 10.1. The first kappa shape index (κ1) is 8.96. The van der Waals surface area contributed by atoms with Crippen LogP contribution in [0.2, 0.25) is 0 Å². The number of nitrogens with zero attached hydrogens (tertiary/aromatic N) is 1. The van der Waals surface area contributed by atoms with Crippen molar-refractivity contribution in [3.8, 4) is 6.07 Å². The molecule has 0 unspecified atom stereocenters. The van der Waals surface area contributed by atoms with E-state index >= 15 is 0 Å². The Morgan fingerprint density at radius 3 is 2.50 bits per heavy atom. The van der Waals surface area contributed by atoms with Crippen LogP contribution >= 0.6 is 0 Å². The third-order valence-electron chi connectivity index (χ3n) is 2.89. The van der Waals surface area contributed by atoms with Crippen molar-refractivity contribution in [3.05, 3.63) is 35.9 Å². The van der Waals surface area contributed by atoms with Crippen molar-refractivity contribution >= 4 is 5.78 Å². The molecule has 1 aliphatic carbocycles. The third-order valence-corrected chi connectivity index (χ3v) is 2.89. The summed E-state index contributed by atoms with van der Waals surface area (Å²) in [6.45, 7) is 1.96. The standard InChI is InChI=1S/C12H11NO/c1-8-10(7-13)11(8)12(14)9-5-3-2-4-6-9/h2-6,8,10-11H,1H3/t8-,10+,11+/m1/s1. The zero-order valence-electron chi connectivity index (χ0n) is 7.97. The molecule has 0 spiro atoms. The maximum atomic E-state index is 11.8. The molecule has 14 heavy (non-hydrogen) atoms. The lowest BCUT2D eigenvalue weighted by molar-refractivity contribution is 0.0959. The van der Waals surface area contributed by atoms with E-state index in [1.165, 1.54) is 0 Å². The number of benzene rings is 1. The van der Waals surface area contributed by atoms with Crippen molar-refractivity contribution in [2.45, 2.75) is 6.92 Å². The third kappa shape index (κ3) is 1.31. The van der Waals surface area contributed by atoms with Gasteiger partial charge in [-0.1, -0.05) is 37.3 Å². The van der Waals surface area contributed by atoms with Gasteiger partial charge in [-0.05, 0) is 5.92 Å². The lowest BCUT2D eigenvalue weighted by Gasteiger charge is -1.96. The number of carbonyl (C=O) groups is 1. The molecule has 70 valence electrons. The molecule has 1 aromatic rings. The molecule has 0 N–H and O–H groups in total. The van der Waals surface area contributed by atoms with Gasteiger partial charge in [0.2, 0.25) is 0 Å². The molecule has 1 fully saturated rings. The van der Waals surface area contributed by atoms with Crippen LogP contribution in [0.5, 0.6) is 0 Å². The Morgan fingerprint density at radius 1 is 1.36 bits per heavy atom. The second kappa shape index (κ2) is 3.26. The van der Waals surface area contributed by atoms with E-state index in [1.54, 1.807) is 0 Å². The summed E-state index contributed by atoms with van der Waals surface area (Å²) in [5, 5.41) is 8.74. The smallest absolute Gasteiger partial charge is 0.167 e. The van der Waals surface area contributed by atoms with Crippen LogP contribution in [-0.4, -0.2) is 5.78 Å². The SMILES string of the molecule is C[C@@H]1[C@H](C#N)[C@H]1C(=O)c1ccccc1. The normalized spacial score (nSPS) is 29.3. The molecule has 0 heterocycles. The molecule has 0 radical (unpaired) electrons. The molecule has 2 nitrogen and oxygen atoms in total. The predicted molar refractivity (Wildman–Crippen MR) is 52.5 cm³/mol. The van der Waals surface area contributed by atoms with Crippen LogP contribution in [0.4, 0.5) is 0 Å². The molecule has 1 aliphatic rings. The van der Waals surface area contributed by atoms with E-state index in [0.717, 1.165) is 5.56 Å². The Balaban J connectivity index is 2.17. The predicted octanol–water partition coefficient (Wildman–Crippen LogP) is 2.27. The molecule has 2 rings (SSSR count). The van der Waals surface area contributed by atoms with Crippen LogP contribution in [0.15, 0.2) is 30.3 Å². The van der Waals surface area contributed by atoms with Gasteiger partial charge >= 0.3 is 0 Å². The summed E-state index contributed by atoms with van der Waals surface area (Å²) in [4.78, 5) is 11.8. The summed E-state index contributed by atoms with van der Waals surface area (Å²) in [5.74, 6) is 0.211. The highest BCUT2D eigenvalue weighted by Gasteiger charge is 2.51. The van der Waals surface area contributed by atoms with E-state index in [4.69, 9.17) is 5.26 Å². The minimum Gasteiger partial charge on any atom is -0.294 e. The number of ketones is 1. The zero-order valence-corrected chi connectivity index (χ0v) is 7.97. The van der Waals surface area contributed by atoms with Crippen LogP contribution in [0, 0.1) is 29.1 Å². The Morgan fingerprint density at radius 2 is 2.00 bits per heavy atom. The van der Waals surface area contributed by atoms with E-state index in [1.807, 2.05) is 37.3 Å². The molecule has 0 saturated heterocycles. The minimum absolute atomic E-state index is 0.0669. The first-order valence-corrected chi connectivity index (χ1v) is 4.74. The van der Waals surface area contributed by atoms with Gasteiger partial charge in [0.15, 0.2) is 5.78 Å². The summed E-state index contributed by atoms with van der Waals surface area (Å²) < 4.78 is 0. The summed E-state index contributed by atoms with van der Waals surface area (Å²) in [5.41, 5.74) is 0.724. The Kier molecular flexibility index (Phi) is 2.09. The molecule has 1 aromatic carbocycles. The van der Waals surface area contributed by atoms with Crippen LogP contribution in [0.1, 0.15) is 17.3 Å². The van der Waals surface area contributed by atoms with Gasteiger partial charge in [0.1, 0.15) is 0 Å². The topological polar surface area (TPSA) is 40.9 Å². The first-order chi connectivity index (χ1) is 6.75. The van der Waals surface area contributed by atoms with Crippen molar-refractivity contribution in [1.82, 2.24) is 0 Å². The van der Waals surface area contributed by atoms with Gasteiger partial charge in [-0.3, -0.25) is 4.79 Å². The average molecular weight is 185 g/mol. The summed E-state index contributed by atoms with van der Waals surface area (Å²) in [7, 11) is 0. The first-order valence-electron chi connectivity index (χ1n) is 4.74. The average Bonchev–Trinajstić information content (AvgIpc) is 2.89. The highest BCUT2D eigenvalue weighted by atomic mass is 16.1. The number of Topliss-reactive ketones (excluding diaryl/α,β-unsaturated/α-hetero) is 1. The fourth-order valence-corrected chi connectivity index (χ4v) is 1.86. The van der Waals surface area contributed by atoms with Gasteiger partial charge in [-0.15, -0.1) is 0 Å². The van der Waals surface area contributed by atoms with E-state index in [-0.39, 0.29) is 23.5 Å². The highest BCUT2D eigenvalue weighted by molar-refractivity contribution is 6.00. The van der Waals surface area contributed by atoms with Crippen molar-refractivity contribution in [2.75, 3.05) is 0 Å². The Hall–Kier alpha value is -1.62. The van der Waals surface area contributed by atoms with Crippen LogP contribution in [0.25, 0.3) is 0 Å². The molecule has 3 atom stereocenters. The minimum atomic E-state index is -0.0672. The maximum absolute atomic E-state index is 11.8. The van der Waals surface area contributed by atoms with E-state index in [9.17, 15) is 4.79 Å². The van der Waals surface area contributed by atoms with Crippen molar-refractivity contribution < 1.29 is 4.79 Å². The number of carbonyl (C=O) groups excluding carboxylic acids is 1. The second-order valence-corrected chi connectivity index (χ2v) is 3.77. The highest BCUT2D eigenvalue weighted by Crippen LogP contribution is 2.47. The summed E-state index contributed by atoms with van der Waals surface area (Å²) >= 11 is 0. The van der Waals surface area contributed by atoms with Crippen molar-refractivity contribution in [1.29, 1.82) is 5.26 Å². The van der Waals surface area contributed by atoms with Gasteiger partial charge in [0.25, 0.3) is 0 Å². The fourth-order valence-electron chi connectivity index (χ4n) is 1.86. The van der Waals surface area contributed by atoms with E-state index in [0.29, 0.717) is 0 Å². The van der Waals surface area contributed by atoms with Crippen molar-refractivity contribution in [3.63, 3.8) is 0 Å². The Labute approximate surface area is 83.2 Å². The number of hydrogen-bond acceptors (Lipinski definition) is 2.